The molecule has 0 bridgehead atoms. The van der Waals surface area contributed by atoms with Crippen molar-refractivity contribution in [2.24, 2.45) is 0 Å². The third-order valence-electron chi connectivity index (χ3n) is 3.19. The molecule has 9 heteroatoms. The molecule has 2 nitrogen and oxygen atoms in total. The zero-order valence-electron chi connectivity index (χ0n) is 11.5. The average Bonchev–Trinajstić information content (AvgIpc) is 2.88. The van der Waals surface area contributed by atoms with Crippen LogP contribution in [0.25, 0.3) is 22.6 Å². The fraction of sp³-hybridized carbons (Fsp3) is 0.133. The van der Waals surface area contributed by atoms with Crippen LogP contribution in [0.5, 0.6) is 0 Å². The van der Waals surface area contributed by atoms with E-state index in [1.54, 1.807) is 6.07 Å². The number of hydrogen-bond acceptors (Lipinski definition) is 2. The van der Waals surface area contributed by atoms with E-state index in [1.807, 2.05) is 0 Å². The third kappa shape index (κ3) is 3.26. The van der Waals surface area contributed by atoms with Gasteiger partial charge in [0.2, 0.25) is 5.89 Å². The maximum absolute atomic E-state index is 12.9. The lowest BCUT2D eigenvalue weighted by molar-refractivity contribution is -0.143. The zero-order valence-corrected chi connectivity index (χ0v) is 13.1. The van der Waals surface area contributed by atoms with Gasteiger partial charge in [-0.25, -0.2) is 4.98 Å². The van der Waals surface area contributed by atoms with Crippen LogP contribution in [0.1, 0.15) is 11.1 Å². The van der Waals surface area contributed by atoms with Crippen LogP contribution in [0.4, 0.5) is 26.3 Å². The molecule has 0 aliphatic heterocycles. The van der Waals surface area contributed by atoms with Crippen LogP contribution in [0.3, 0.4) is 0 Å². The summed E-state index contributed by atoms with van der Waals surface area (Å²) in [6.45, 7) is 0. The summed E-state index contributed by atoms with van der Waals surface area (Å²) in [7, 11) is 0. The van der Waals surface area contributed by atoms with Crippen LogP contribution >= 0.6 is 15.9 Å². The van der Waals surface area contributed by atoms with Crippen molar-refractivity contribution in [3.05, 3.63) is 52.0 Å². The minimum absolute atomic E-state index is 0.0583. The lowest BCUT2D eigenvalue weighted by Crippen LogP contribution is -2.11. The largest absolute Gasteiger partial charge is 0.436 e. The molecule has 24 heavy (non-hydrogen) atoms. The summed E-state index contributed by atoms with van der Waals surface area (Å²) in [5, 5.41) is 0. The van der Waals surface area contributed by atoms with Gasteiger partial charge in [-0.15, -0.1) is 0 Å². The molecule has 0 atom stereocenters. The van der Waals surface area contributed by atoms with Crippen molar-refractivity contribution in [3.8, 4) is 11.5 Å². The molecule has 0 saturated carbocycles. The lowest BCUT2D eigenvalue weighted by Gasteiger charge is -2.12. The molecule has 0 aliphatic rings. The van der Waals surface area contributed by atoms with Gasteiger partial charge < -0.3 is 4.42 Å². The standard InChI is InChI=1S/C15H6BrF6NO/c16-10-1-2-11-12(6-10)24-13(23-11)7-3-8(14(17,18)19)5-9(4-7)15(20,21)22/h1-6H. The van der Waals surface area contributed by atoms with Crippen molar-refractivity contribution in [1.82, 2.24) is 4.98 Å². The van der Waals surface area contributed by atoms with Crippen molar-refractivity contribution in [2.45, 2.75) is 12.4 Å². The van der Waals surface area contributed by atoms with E-state index in [1.165, 1.54) is 12.1 Å². The molecule has 0 fully saturated rings. The Morgan fingerprint density at radius 2 is 1.42 bits per heavy atom. The quantitative estimate of drug-likeness (QED) is 0.441. The summed E-state index contributed by atoms with van der Waals surface area (Å²) >= 11 is 3.19. The van der Waals surface area contributed by atoms with E-state index in [4.69, 9.17) is 4.42 Å². The Morgan fingerprint density at radius 3 is 1.96 bits per heavy atom. The van der Waals surface area contributed by atoms with Gasteiger partial charge in [0.05, 0.1) is 11.1 Å². The molecule has 1 aromatic heterocycles. The first-order chi connectivity index (χ1) is 11.0. The average molecular weight is 410 g/mol. The smallest absolute Gasteiger partial charge is 0.416 e. The predicted octanol–water partition coefficient (Wildman–Crippen LogP) is 6.29. The van der Waals surface area contributed by atoms with E-state index < -0.39 is 29.0 Å². The Balaban J connectivity index is 2.21. The van der Waals surface area contributed by atoms with Gasteiger partial charge in [0.25, 0.3) is 0 Å². The Kier molecular flexibility index (Phi) is 3.86. The lowest BCUT2D eigenvalue weighted by atomic mass is 10.0. The number of aromatic nitrogens is 1. The monoisotopic (exact) mass is 409 g/mol. The topological polar surface area (TPSA) is 26.0 Å². The Hall–Kier alpha value is -2.03. The summed E-state index contributed by atoms with van der Waals surface area (Å²) in [4.78, 5) is 3.95. The molecule has 3 aromatic rings. The number of fused-ring (bicyclic) bond motifs is 1. The molecule has 0 saturated heterocycles. The summed E-state index contributed by atoms with van der Waals surface area (Å²) in [6, 6.07) is 5.89. The SMILES string of the molecule is FC(F)(F)c1cc(-c2nc3ccc(Br)cc3o2)cc(C(F)(F)F)c1. The second-order valence-electron chi connectivity index (χ2n) is 4.93. The van der Waals surface area contributed by atoms with Crippen LogP contribution < -0.4 is 0 Å². The fourth-order valence-electron chi connectivity index (χ4n) is 2.10. The Bertz CT molecular complexity index is 880. The number of hydrogen-bond donors (Lipinski definition) is 0. The van der Waals surface area contributed by atoms with Crippen molar-refractivity contribution >= 4 is 27.0 Å². The molecule has 0 aliphatic carbocycles. The van der Waals surface area contributed by atoms with Crippen LogP contribution in [0.2, 0.25) is 0 Å². The van der Waals surface area contributed by atoms with Crippen LogP contribution in [-0.4, -0.2) is 4.98 Å². The fourth-order valence-corrected chi connectivity index (χ4v) is 2.44. The zero-order chi connectivity index (χ0) is 17.7. The minimum atomic E-state index is -4.93. The first-order valence-electron chi connectivity index (χ1n) is 6.40. The molecular formula is C15H6BrF6NO. The van der Waals surface area contributed by atoms with Crippen molar-refractivity contribution in [2.75, 3.05) is 0 Å². The highest BCUT2D eigenvalue weighted by Gasteiger charge is 2.37. The molecule has 0 radical (unpaired) electrons. The molecule has 0 amide bonds. The highest BCUT2D eigenvalue weighted by molar-refractivity contribution is 9.10. The normalized spacial score (nSPS) is 12.8. The molecule has 0 N–H and O–H groups in total. The Labute approximate surface area is 139 Å². The first-order valence-corrected chi connectivity index (χ1v) is 7.19. The molecule has 126 valence electrons. The van der Waals surface area contributed by atoms with E-state index >= 15 is 0 Å². The summed E-state index contributed by atoms with van der Waals surface area (Å²) in [6.07, 6.45) is -9.85. The molecule has 0 spiro atoms. The number of benzene rings is 2. The molecular weight excluding hydrogens is 404 g/mol. The predicted molar refractivity (Wildman–Crippen MR) is 77.1 cm³/mol. The Morgan fingerprint density at radius 1 is 0.833 bits per heavy atom. The van der Waals surface area contributed by atoms with Crippen molar-refractivity contribution in [3.63, 3.8) is 0 Å². The summed E-state index contributed by atoms with van der Waals surface area (Å²) < 4.78 is 83.2. The minimum Gasteiger partial charge on any atom is -0.436 e. The van der Waals surface area contributed by atoms with Crippen molar-refractivity contribution in [1.29, 1.82) is 0 Å². The number of halogens is 7. The van der Waals surface area contributed by atoms with Gasteiger partial charge >= 0.3 is 12.4 Å². The van der Waals surface area contributed by atoms with Gasteiger partial charge in [0.1, 0.15) is 5.52 Å². The number of oxazole rings is 1. The van der Waals surface area contributed by atoms with Crippen molar-refractivity contribution < 1.29 is 30.8 Å². The van der Waals surface area contributed by atoms with Crippen LogP contribution in [-0.2, 0) is 12.4 Å². The van der Waals surface area contributed by atoms with E-state index in [0.29, 0.717) is 22.1 Å². The maximum atomic E-state index is 12.9. The van der Waals surface area contributed by atoms with E-state index in [2.05, 4.69) is 20.9 Å². The van der Waals surface area contributed by atoms with Crippen LogP contribution in [0, 0.1) is 0 Å². The van der Waals surface area contributed by atoms with Gasteiger partial charge in [-0.3, -0.25) is 0 Å². The molecule has 0 unspecified atom stereocenters. The number of rotatable bonds is 1. The molecule has 3 rings (SSSR count). The second kappa shape index (κ2) is 5.51. The highest BCUT2D eigenvalue weighted by Crippen LogP contribution is 2.39. The highest BCUT2D eigenvalue weighted by atomic mass is 79.9. The maximum Gasteiger partial charge on any atom is 0.416 e. The van der Waals surface area contributed by atoms with Gasteiger partial charge in [-0.1, -0.05) is 15.9 Å². The number of alkyl halides is 6. The van der Waals surface area contributed by atoms with E-state index in [0.717, 1.165) is 0 Å². The van der Waals surface area contributed by atoms with Crippen LogP contribution in [0.15, 0.2) is 45.3 Å². The molecule has 2 aromatic carbocycles. The summed E-state index contributed by atoms with van der Waals surface area (Å²) in [5.74, 6) is -0.320. The first kappa shape index (κ1) is 16.8. The van der Waals surface area contributed by atoms with Gasteiger partial charge in [0, 0.05) is 10.0 Å². The molecule has 1 heterocycles. The van der Waals surface area contributed by atoms with Gasteiger partial charge in [0.15, 0.2) is 5.58 Å². The van der Waals surface area contributed by atoms with E-state index in [9.17, 15) is 26.3 Å². The van der Waals surface area contributed by atoms with Gasteiger partial charge in [-0.2, -0.15) is 26.3 Å². The number of nitrogens with zero attached hydrogens (tertiary/aromatic N) is 1. The second-order valence-corrected chi connectivity index (χ2v) is 5.84. The third-order valence-corrected chi connectivity index (χ3v) is 3.68. The van der Waals surface area contributed by atoms with E-state index in [-0.39, 0.29) is 17.5 Å². The summed E-state index contributed by atoms with van der Waals surface area (Å²) in [5.41, 5.74) is -2.68. The van der Waals surface area contributed by atoms with Gasteiger partial charge in [-0.05, 0) is 36.4 Å².